The average Bonchev–Trinajstić information content (AvgIpc) is 2.25. The van der Waals surface area contributed by atoms with E-state index in [9.17, 15) is 0 Å². The monoisotopic (exact) mass is 238 g/mol. The van der Waals surface area contributed by atoms with Gasteiger partial charge in [-0.15, -0.1) is 0 Å². The molecule has 17 heavy (non-hydrogen) atoms. The first-order chi connectivity index (χ1) is 7.99. The molecule has 0 bridgehead atoms. The van der Waals surface area contributed by atoms with Crippen molar-refractivity contribution in [2.45, 2.75) is 59.5 Å². The Morgan fingerprint density at radius 3 is 2.59 bits per heavy atom. The summed E-state index contributed by atoms with van der Waals surface area (Å²) in [5.41, 5.74) is 0.353. The number of allylic oxidation sites excluding steroid dienone is 1. The van der Waals surface area contributed by atoms with Crippen LogP contribution in [0.25, 0.3) is 0 Å². The molecular weight excluding hydrogens is 208 g/mol. The van der Waals surface area contributed by atoms with Crippen molar-refractivity contribution in [3.8, 4) is 0 Å². The summed E-state index contributed by atoms with van der Waals surface area (Å²) >= 11 is 0. The van der Waals surface area contributed by atoms with Gasteiger partial charge in [-0.2, -0.15) is 0 Å². The van der Waals surface area contributed by atoms with E-state index >= 15 is 0 Å². The van der Waals surface area contributed by atoms with Gasteiger partial charge in [-0.3, -0.25) is 4.90 Å². The van der Waals surface area contributed by atoms with Crippen molar-refractivity contribution in [2.75, 3.05) is 19.6 Å². The molecule has 1 heterocycles. The SMILES string of the molecule is C/C=C/CN1CC(CCC)NCC1C(C)(C)C. The zero-order valence-electron chi connectivity index (χ0n) is 12.3. The van der Waals surface area contributed by atoms with Crippen molar-refractivity contribution < 1.29 is 0 Å². The Balaban J connectivity index is 2.65. The van der Waals surface area contributed by atoms with E-state index in [2.05, 4.69) is 57.0 Å². The summed E-state index contributed by atoms with van der Waals surface area (Å²) in [6.07, 6.45) is 7.02. The third-order valence-electron chi connectivity index (χ3n) is 3.71. The van der Waals surface area contributed by atoms with Crippen molar-refractivity contribution in [3.63, 3.8) is 0 Å². The van der Waals surface area contributed by atoms with Crippen LogP contribution in [-0.4, -0.2) is 36.6 Å². The molecule has 0 aromatic rings. The smallest absolute Gasteiger partial charge is 0.0273 e. The van der Waals surface area contributed by atoms with Gasteiger partial charge in [-0.1, -0.05) is 46.3 Å². The zero-order valence-corrected chi connectivity index (χ0v) is 12.3. The predicted octanol–water partition coefficient (Wildman–Crippen LogP) is 3.05. The van der Waals surface area contributed by atoms with E-state index in [-0.39, 0.29) is 0 Å². The van der Waals surface area contributed by atoms with Gasteiger partial charge in [0.05, 0.1) is 0 Å². The number of hydrogen-bond acceptors (Lipinski definition) is 2. The highest BCUT2D eigenvalue weighted by molar-refractivity contribution is 4.95. The largest absolute Gasteiger partial charge is 0.311 e. The van der Waals surface area contributed by atoms with E-state index < -0.39 is 0 Å². The lowest BCUT2D eigenvalue weighted by Gasteiger charge is -2.46. The molecule has 2 atom stereocenters. The average molecular weight is 238 g/mol. The summed E-state index contributed by atoms with van der Waals surface area (Å²) in [6.45, 7) is 14.9. The molecule has 0 spiro atoms. The maximum atomic E-state index is 3.72. The Morgan fingerprint density at radius 2 is 2.06 bits per heavy atom. The first-order valence-electron chi connectivity index (χ1n) is 7.07. The molecule has 0 aliphatic carbocycles. The van der Waals surface area contributed by atoms with Crippen LogP contribution in [0.2, 0.25) is 0 Å². The standard InChI is InChI=1S/C15H30N2/c1-6-8-10-17-12-13(9-7-2)16-11-14(17)15(3,4)5/h6,8,13-14,16H,7,9-12H2,1-5H3/b8-6+. The topological polar surface area (TPSA) is 15.3 Å². The molecule has 1 saturated heterocycles. The van der Waals surface area contributed by atoms with E-state index in [4.69, 9.17) is 0 Å². The number of nitrogens with zero attached hydrogens (tertiary/aromatic N) is 1. The molecule has 1 aliphatic heterocycles. The van der Waals surface area contributed by atoms with Crippen molar-refractivity contribution >= 4 is 0 Å². The van der Waals surface area contributed by atoms with Crippen LogP contribution in [0, 0.1) is 5.41 Å². The van der Waals surface area contributed by atoms with Crippen molar-refractivity contribution in [2.24, 2.45) is 5.41 Å². The summed E-state index contributed by atoms with van der Waals surface area (Å²) in [5.74, 6) is 0. The summed E-state index contributed by atoms with van der Waals surface area (Å²) in [4.78, 5) is 2.65. The quantitative estimate of drug-likeness (QED) is 0.757. The van der Waals surface area contributed by atoms with Crippen LogP contribution < -0.4 is 5.32 Å². The third-order valence-corrected chi connectivity index (χ3v) is 3.71. The second kappa shape index (κ2) is 6.55. The van der Waals surface area contributed by atoms with Crippen molar-refractivity contribution in [1.82, 2.24) is 10.2 Å². The summed E-state index contributed by atoms with van der Waals surface area (Å²) in [7, 11) is 0. The highest BCUT2D eigenvalue weighted by Gasteiger charge is 2.34. The molecule has 0 amide bonds. The molecule has 2 nitrogen and oxygen atoms in total. The van der Waals surface area contributed by atoms with Gasteiger partial charge >= 0.3 is 0 Å². The predicted molar refractivity (Wildman–Crippen MR) is 76.3 cm³/mol. The Morgan fingerprint density at radius 1 is 1.35 bits per heavy atom. The summed E-state index contributed by atoms with van der Waals surface area (Å²) in [5, 5.41) is 3.72. The summed E-state index contributed by atoms with van der Waals surface area (Å²) < 4.78 is 0. The van der Waals surface area contributed by atoms with Gasteiger partial charge in [0.2, 0.25) is 0 Å². The molecule has 0 aromatic carbocycles. The Hall–Kier alpha value is -0.340. The minimum absolute atomic E-state index is 0.353. The number of nitrogens with one attached hydrogen (secondary N) is 1. The van der Waals surface area contributed by atoms with E-state index in [0.717, 1.165) is 13.1 Å². The minimum atomic E-state index is 0.353. The van der Waals surface area contributed by atoms with Crippen LogP contribution >= 0.6 is 0 Å². The zero-order chi connectivity index (χ0) is 12.9. The molecule has 0 aromatic heterocycles. The molecule has 0 saturated carbocycles. The Bertz CT molecular complexity index is 240. The fourth-order valence-electron chi connectivity index (χ4n) is 2.72. The van der Waals surface area contributed by atoms with Crippen molar-refractivity contribution in [1.29, 1.82) is 0 Å². The van der Waals surface area contributed by atoms with Gasteiger partial charge in [0.25, 0.3) is 0 Å². The molecule has 2 unspecified atom stereocenters. The van der Waals surface area contributed by atoms with Gasteiger partial charge < -0.3 is 5.32 Å². The Kier molecular flexibility index (Phi) is 5.68. The van der Waals surface area contributed by atoms with E-state index in [1.807, 2.05) is 0 Å². The molecular formula is C15H30N2. The van der Waals surface area contributed by atoms with Gasteiger partial charge in [-0.25, -0.2) is 0 Å². The lowest BCUT2D eigenvalue weighted by atomic mass is 9.83. The highest BCUT2D eigenvalue weighted by Crippen LogP contribution is 2.26. The van der Waals surface area contributed by atoms with Crippen molar-refractivity contribution in [3.05, 3.63) is 12.2 Å². The number of rotatable bonds is 4. The van der Waals surface area contributed by atoms with Gasteiger partial charge in [-0.05, 0) is 18.8 Å². The first kappa shape index (κ1) is 14.7. The highest BCUT2D eigenvalue weighted by atomic mass is 15.2. The van der Waals surface area contributed by atoms with Crippen LogP contribution in [0.4, 0.5) is 0 Å². The van der Waals surface area contributed by atoms with Gasteiger partial charge in [0.15, 0.2) is 0 Å². The van der Waals surface area contributed by atoms with Crippen LogP contribution in [0.15, 0.2) is 12.2 Å². The van der Waals surface area contributed by atoms with Crippen LogP contribution in [0.1, 0.15) is 47.5 Å². The van der Waals surface area contributed by atoms with Gasteiger partial charge in [0, 0.05) is 31.7 Å². The lowest BCUT2D eigenvalue weighted by molar-refractivity contribution is 0.0639. The fourth-order valence-corrected chi connectivity index (χ4v) is 2.72. The normalized spacial score (nSPS) is 27.8. The molecule has 0 radical (unpaired) electrons. The maximum Gasteiger partial charge on any atom is 0.0273 e. The van der Waals surface area contributed by atoms with Crippen LogP contribution in [-0.2, 0) is 0 Å². The molecule has 1 fully saturated rings. The molecule has 100 valence electrons. The molecule has 2 heteroatoms. The molecule has 1 aliphatic rings. The lowest BCUT2D eigenvalue weighted by Crippen LogP contribution is -2.60. The fraction of sp³-hybridized carbons (Fsp3) is 0.867. The first-order valence-corrected chi connectivity index (χ1v) is 7.07. The van der Waals surface area contributed by atoms with E-state index in [1.54, 1.807) is 0 Å². The number of hydrogen-bond donors (Lipinski definition) is 1. The minimum Gasteiger partial charge on any atom is -0.311 e. The molecule has 1 N–H and O–H groups in total. The number of piperazine rings is 1. The van der Waals surface area contributed by atoms with Gasteiger partial charge in [0.1, 0.15) is 0 Å². The maximum absolute atomic E-state index is 3.72. The van der Waals surface area contributed by atoms with Crippen LogP contribution in [0.5, 0.6) is 0 Å². The van der Waals surface area contributed by atoms with E-state index in [1.165, 1.54) is 19.4 Å². The molecule has 1 rings (SSSR count). The van der Waals surface area contributed by atoms with E-state index in [0.29, 0.717) is 17.5 Å². The second-order valence-electron chi connectivity index (χ2n) is 6.30. The Labute approximate surface area is 107 Å². The third kappa shape index (κ3) is 4.44. The second-order valence-corrected chi connectivity index (χ2v) is 6.30. The van der Waals surface area contributed by atoms with Crippen LogP contribution in [0.3, 0.4) is 0 Å². The summed E-state index contributed by atoms with van der Waals surface area (Å²) in [6, 6.07) is 1.33.